The van der Waals surface area contributed by atoms with Gasteiger partial charge in [0.2, 0.25) is 0 Å². The van der Waals surface area contributed by atoms with Crippen molar-refractivity contribution in [1.82, 2.24) is 0 Å². The van der Waals surface area contributed by atoms with Gasteiger partial charge >= 0.3 is 5.97 Å². The van der Waals surface area contributed by atoms with E-state index < -0.39 is 0 Å². The number of esters is 1. The van der Waals surface area contributed by atoms with Crippen molar-refractivity contribution < 1.29 is 9.53 Å². The summed E-state index contributed by atoms with van der Waals surface area (Å²) in [6.45, 7) is 4.24. The van der Waals surface area contributed by atoms with Gasteiger partial charge in [-0.1, -0.05) is 29.8 Å². The van der Waals surface area contributed by atoms with Gasteiger partial charge in [-0.3, -0.25) is 4.79 Å². The maximum absolute atomic E-state index is 10.8. The predicted molar refractivity (Wildman–Crippen MR) is 76.3 cm³/mol. The van der Waals surface area contributed by atoms with Crippen LogP contribution in [0.1, 0.15) is 18.1 Å². The fourth-order valence-corrected chi connectivity index (χ4v) is 1.72. The van der Waals surface area contributed by atoms with Crippen molar-refractivity contribution in [1.29, 1.82) is 0 Å². The normalized spacial score (nSPS) is 10.0. The highest BCUT2D eigenvalue weighted by Gasteiger charge is 1.98. The number of anilines is 1. The van der Waals surface area contributed by atoms with Gasteiger partial charge in [0.1, 0.15) is 5.75 Å². The minimum atomic E-state index is -0.305. The molecule has 0 saturated carbocycles. The molecule has 3 nitrogen and oxygen atoms in total. The minimum absolute atomic E-state index is 0.305. The highest BCUT2D eigenvalue weighted by atomic mass is 16.5. The first-order valence-electron chi connectivity index (χ1n) is 6.21. The first-order chi connectivity index (χ1) is 9.13. The SMILES string of the molecule is CC(=O)Oc1ccc(NCc2ccc(C)cc2)cc1. The molecule has 3 heteroatoms. The van der Waals surface area contributed by atoms with Gasteiger partial charge in [-0.25, -0.2) is 0 Å². The van der Waals surface area contributed by atoms with E-state index in [1.165, 1.54) is 18.1 Å². The molecular weight excluding hydrogens is 238 g/mol. The van der Waals surface area contributed by atoms with Crippen LogP contribution in [-0.4, -0.2) is 5.97 Å². The highest BCUT2D eigenvalue weighted by Crippen LogP contribution is 2.16. The van der Waals surface area contributed by atoms with Crippen LogP contribution in [0.4, 0.5) is 5.69 Å². The summed E-state index contributed by atoms with van der Waals surface area (Å²) in [4.78, 5) is 10.8. The Morgan fingerprint density at radius 2 is 1.68 bits per heavy atom. The molecule has 0 aliphatic rings. The fourth-order valence-electron chi connectivity index (χ4n) is 1.72. The Kier molecular flexibility index (Phi) is 4.18. The first-order valence-corrected chi connectivity index (χ1v) is 6.21. The Bertz CT molecular complexity index is 544. The van der Waals surface area contributed by atoms with Crippen LogP contribution in [0, 0.1) is 6.92 Å². The van der Waals surface area contributed by atoms with Gasteiger partial charge in [0.15, 0.2) is 0 Å². The molecule has 2 rings (SSSR count). The molecule has 0 amide bonds. The Labute approximate surface area is 113 Å². The molecule has 2 aromatic carbocycles. The average molecular weight is 255 g/mol. The van der Waals surface area contributed by atoms with E-state index in [-0.39, 0.29) is 5.97 Å². The zero-order chi connectivity index (χ0) is 13.7. The van der Waals surface area contributed by atoms with Crippen molar-refractivity contribution >= 4 is 11.7 Å². The number of benzene rings is 2. The minimum Gasteiger partial charge on any atom is -0.427 e. The van der Waals surface area contributed by atoms with Crippen LogP contribution in [0.2, 0.25) is 0 Å². The van der Waals surface area contributed by atoms with E-state index in [9.17, 15) is 4.79 Å². The summed E-state index contributed by atoms with van der Waals surface area (Å²) in [6, 6.07) is 15.8. The average Bonchev–Trinajstić information content (AvgIpc) is 2.39. The molecule has 0 unspecified atom stereocenters. The third kappa shape index (κ3) is 4.14. The van der Waals surface area contributed by atoms with Gasteiger partial charge in [-0.2, -0.15) is 0 Å². The second-order valence-corrected chi connectivity index (χ2v) is 4.46. The molecule has 0 bridgehead atoms. The molecule has 0 aliphatic carbocycles. The summed E-state index contributed by atoms with van der Waals surface area (Å²) in [5.41, 5.74) is 3.49. The lowest BCUT2D eigenvalue weighted by Crippen LogP contribution is -2.02. The summed E-state index contributed by atoms with van der Waals surface area (Å²) in [7, 11) is 0. The largest absolute Gasteiger partial charge is 0.427 e. The van der Waals surface area contributed by atoms with E-state index >= 15 is 0 Å². The lowest BCUT2D eigenvalue weighted by atomic mass is 10.1. The van der Waals surface area contributed by atoms with Crippen molar-refractivity contribution in [2.24, 2.45) is 0 Å². The van der Waals surface area contributed by atoms with Gasteiger partial charge in [-0.05, 0) is 36.8 Å². The molecule has 0 heterocycles. The van der Waals surface area contributed by atoms with Crippen LogP contribution in [0.3, 0.4) is 0 Å². The summed E-state index contributed by atoms with van der Waals surface area (Å²) in [5, 5.41) is 3.32. The number of carbonyl (C=O) groups is 1. The van der Waals surface area contributed by atoms with E-state index in [0.29, 0.717) is 5.75 Å². The van der Waals surface area contributed by atoms with E-state index in [4.69, 9.17) is 4.74 Å². The maximum Gasteiger partial charge on any atom is 0.308 e. The molecule has 0 aromatic heterocycles. The summed E-state index contributed by atoms with van der Waals surface area (Å²) >= 11 is 0. The molecule has 98 valence electrons. The summed E-state index contributed by atoms with van der Waals surface area (Å²) < 4.78 is 4.98. The molecule has 0 atom stereocenters. The predicted octanol–water partition coefficient (Wildman–Crippen LogP) is 3.53. The number of ether oxygens (including phenoxy) is 1. The number of nitrogens with one attached hydrogen (secondary N) is 1. The van der Waals surface area contributed by atoms with Gasteiger partial charge < -0.3 is 10.1 Å². The molecule has 0 spiro atoms. The van der Waals surface area contributed by atoms with Gasteiger partial charge in [0, 0.05) is 19.2 Å². The zero-order valence-electron chi connectivity index (χ0n) is 11.1. The maximum atomic E-state index is 10.8. The van der Waals surface area contributed by atoms with Crippen molar-refractivity contribution in [3.8, 4) is 5.75 Å². The molecule has 0 aliphatic heterocycles. The molecule has 0 radical (unpaired) electrons. The monoisotopic (exact) mass is 255 g/mol. The third-order valence-corrected chi connectivity index (χ3v) is 2.73. The fraction of sp³-hybridized carbons (Fsp3) is 0.188. The Balaban J connectivity index is 1.92. The van der Waals surface area contributed by atoms with Crippen LogP contribution in [0.25, 0.3) is 0 Å². The van der Waals surface area contributed by atoms with Crippen LogP contribution >= 0.6 is 0 Å². The molecule has 1 N–H and O–H groups in total. The van der Waals surface area contributed by atoms with Gasteiger partial charge in [0.05, 0.1) is 0 Å². The Morgan fingerprint density at radius 1 is 1.05 bits per heavy atom. The Morgan fingerprint density at radius 3 is 2.26 bits per heavy atom. The van der Waals surface area contributed by atoms with E-state index in [2.05, 4.69) is 36.5 Å². The van der Waals surface area contributed by atoms with Gasteiger partial charge in [-0.15, -0.1) is 0 Å². The topological polar surface area (TPSA) is 38.3 Å². The van der Waals surface area contributed by atoms with E-state index in [1.807, 2.05) is 12.1 Å². The lowest BCUT2D eigenvalue weighted by molar-refractivity contribution is -0.131. The number of hydrogen-bond donors (Lipinski definition) is 1. The molecule has 19 heavy (non-hydrogen) atoms. The Hall–Kier alpha value is -2.29. The third-order valence-electron chi connectivity index (χ3n) is 2.73. The first kappa shape index (κ1) is 13.1. The van der Waals surface area contributed by atoms with Crippen LogP contribution in [0.15, 0.2) is 48.5 Å². The smallest absolute Gasteiger partial charge is 0.308 e. The van der Waals surface area contributed by atoms with E-state index in [1.54, 1.807) is 12.1 Å². The van der Waals surface area contributed by atoms with E-state index in [0.717, 1.165) is 12.2 Å². The number of hydrogen-bond acceptors (Lipinski definition) is 3. The number of aryl methyl sites for hydroxylation is 1. The highest BCUT2D eigenvalue weighted by molar-refractivity contribution is 5.69. The molecular formula is C16H17NO2. The molecule has 2 aromatic rings. The van der Waals surface area contributed by atoms with Crippen LogP contribution in [-0.2, 0) is 11.3 Å². The van der Waals surface area contributed by atoms with Crippen molar-refractivity contribution in [2.45, 2.75) is 20.4 Å². The zero-order valence-corrected chi connectivity index (χ0v) is 11.1. The summed E-state index contributed by atoms with van der Waals surface area (Å²) in [5.74, 6) is 0.258. The van der Waals surface area contributed by atoms with Crippen LogP contribution in [0.5, 0.6) is 5.75 Å². The van der Waals surface area contributed by atoms with Crippen molar-refractivity contribution in [3.05, 3.63) is 59.7 Å². The molecule has 0 saturated heterocycles. The second-order valence-electron chi connectivity index (χ2n) is 4.46. The standard InChI is InChI=1S/C16H17NO2/c1-12-3-5-14(6-4-12)11-17-15-7-9-16(10-8-15)19-13(2)18/h3-10,17H,11H2,1-2H3. The van der Waals surface area contributed by atoms with Crippen molar-refractivity contribution in [3.63, 3.8) is 0 Å². The summed E-state index contributed by atoms with van der Waals surface area (Å²) in [6.07, 6.45) is 0. The van der Waals surface area contributed by atoms with Crippen LogP contribution < -0.4 is 10.1 Å². The quantitative estimate of drug-likeness (QED) is 0.671. The second kappa shape index (κ2) is 6.05. The van der Waals surface area contributed by atoms with Crippen molar-refractivity contribution in [2.75, 3.05) is 5.32 Å². The lowest BCUT2D eigenvalue weighted by Gasteiger charge is -2.08. The number of rotatable bonds is 4. The van der Waals surface area contributed by atoms with Gasteiger partial charge in [0.25, 0.3) is 0 Å². The number of carbonyl (C=O) groups excluding carboxylic acids is 1. The molecule has 0 fully saturated rings.